The number of esters is 1. The van der Waals surface area contributed by atoms with Crippen molar-refractivity contribution in [3.8, 4) is 0 Å². The summed E-state index contributed by atoms with van der Waals surface area (Å²) in [6.07, 6.45) is 4.22. The fourth-order valence-corrected chi connectivity index (χ4v) is 4.36. The molecule has 2 heterocycles. The second kappa shape index (κ2) is 7.44. The van der Waals surface area contributed by atoms with Crippen molar-refractivity contribution in [1.29, 1.82) is 0 Å². The van der Waals surface area contributed by atoms with E-state index in [2.05, 4.69) is 4.98 Å². The lowest BCUT2D eigenvalue weighted by Crippen LogP contribution is -2.29. The monoisotopic (exact) mass is 350 g/mol. The van der Waals surface area contributed by atoms with Gasteiger partial charge in [-0.1, -0.05) is 0 Å². The number of hydrogen-bond donors (Lipinski definition) is 0. The molecule has 0 atom stereocenters. The molecule has 6 nitrogen and oxygen atoms in total. The average molecular weight is 350 g/mol. The van der Waals surface area contributed by atoms with Gasteiger partial charge in [0.05, 0.1) is 12.0 Å². The molecular weight excluding hydrogens is 328 g/mol. The van der Waals surface area contributed by atoms with Crippen LogP contribution in [0, 0.1) is 6.92 Å². The minimum atomic E-state index is -0.440. The highest BCUT2D eigenvalue weighted by atomic mass is 32.1. The van der Waals surface area contributed by atoms with E-state index in [0.717, 1.165) is 29.7 Å². The number of ether oxygens (including phenoxy) is 2. The van der Waals surface area contributed by atoms with Crippen LogP contribution in [0.4, 0.5) is 0 Å². The molecule has 0 saturated carbocycles. The molecule has 130 valence electrons. The van der Waals surface area contributed by atoms with Gasteiger partial charge in [-0.15, -0.1) is 11.3 Å². The highest BCUT2D eigenvalue weighted by Gasteiger charge is 2.22. The molecule has 0 aliphatic heterocycles. The number of aryl methyl sites for hydroxylation is 3. The van der Waals surface area contributed by atoms with Gasteiger partial charge >= 0.3 is 5.97 Å². The first-order valence-corrected chi connectivity index (χ1v) is 9.18. The van der Waals surface area contributed by atoms with Gasteiger partial charge in [0.15, 0.2) is 0 Å². The van der Waals surface area contributed by atoms with Gasteiger partial charge in [-0.2, -0.15) is 0 Å². The molecule has 0 spiro atoms. The van der Waals surface area contributed by atoms with Gasteiger partial charge < -0.3 is 9.47 Å². The van der Waals surface area contributed by atoms with Crippen molar-refractivity contribution in [2.24, 2.45) is 0 Å². The largest absolute Gasteiger partial charge is 0.462 e. The Morgan fingerprint density at radius 3 is 2.88 bits per heavy atom. The lowest BCUT2D eigenvalue weighted by Gasteiger charge is -2.12. The van der Waals surface area contributed by atoms with E-state index in [4.69, 9.17) is 9.47 Å². The molecule has 0 saturated heterocycles. The molecule has 0 radical (unpaired) electrons. The van der Waals surface area contributed by atoms with Crippen LogP contribution in [-0.4, -0.2) is 35.3 Å². The number of hydrogen-bond acceptors (Lipinski definition) is 6. The van der Waals surface area contributed by atoms with Crippen LogP contribution >= 0.6 is 11.3 Å². The normalized spacial score (nSPS) is 13.9. The zero-order chi connectivity index (χ0) is 17.1. The van der Waals surface area contributed by atoms with E-state index >= 15 is 0 Å². The van der Waals surface area contributed by atoms with E-state index in [1.807, 2.05) is 6.92 Å². The van der Waals surface area contributed by atoms with Gasteiger partial charge in [-0.25, -0.2) is 4.98 Å². The molecule has 1 aliphatic carbocycles. The summed E-state index contributed by atoms with van der Waals surface area (Å²) in [5, 5.41) is 0.697. The van der Waals surface area contributed by atoms with Crippen LogP contribution in [0.5, 0.6) is 0 Å². The van der Waals surface area contributed by atoms with Gasteiger partial charge in [0, 0.05) is 11.5 Å². The van der Waals surface area contributed by atoms with Crippen molar-refractivity contribution in [2.75, 3.05) is 19.8 Å². The first-order chi connectivity index (χ1) is 11.6. The van der Waals surface area contributed by atoms with Gasteiger partial charge in [0.2, 0.25) is 0 Å². The van der Waals surface area contributed by atoms with Crippen molar-refractivity contribution >= 4 is 27.5 Å². The van der Waals surface area contributed by atoms with Crippen LogP contribution in [0.2, 0.25) is 0 Å². The van der Waals surface area contributed by atoms with Gasteiger partial charge in [-0.3, -0.25) is 14.2 Å². The number of thiophene rings is 1. The van der Waals surface area contributed by atoms with E-state index in [9.17, 15) is 9.59 Å². The first kappa shape index (κ1) is 17.1. The maximum atomic E-state index is 12.9. The van der Waals surface area contributed by atoms with Crippen LogP contribution in [0.15, 0.2) is 4.79 Å². The lowest BCUT2D eigenvalue weighted by molar-refractivity contribution is -0.146. The number of nitrogens with zero attached hydrogens (tertiary/aromatic N) is 2. The van der Waals surface area contributed by atoms with E-state index < -0.39 is 5.97 Å². The molecule has 1 aliphatic rings. The Morgan fingerprint density at radius 1 is 1.29 bits per heavy atom. The first-order valence-electron chi connectivity index (χ1n) is 8.37. The minimum Gasteiger partial charge on any atom is -0.462 e. The number of rotatable bonds is 6. The molecule has 7 heteroatoms. The fourth-order valence-electron chi connectivity index (χ4n) is 3.06. The third kappa shape index (κ3) is 3.37. The average Bonchev–Trinajstić information content (AvgIpc) is 2.93. The van der Waals surface area contributed by atoms with Crippen molar-refractivity contribution in [3.63, 3.8) is 0 Å². The predicted octanol–water partition coefficient (Wildman–Crippen LogP) is 2.22. The molecule has 0 unspecified atom stereocenters. The Hall–Kier alpha value is -1.73. The van der Waals surface area contributed by atoms with Crippen LogP contribution in [0.3, 0.4) is 0 Å². The zero-order valence-corrected chi connectivity index (χ0v) is 14.9. The topological polar surface area (TPSA) is 70.4 Å². The maximum absolute atomic E-state index is 12.9. The summed E-state index contributed by atoms with van der Waals surface area (Å²) in [4.78, 5) is 31.5. The summed E-state index contributed by atoms with van der Waals surface area (Å²) in [5.41, 5.74) is 1.01. The number of carbonyl (C=O) groups is 1. The summed E-state index contributed by atoms with van der Waals surface area (Å²) in [6.45, 7) is 4.68. The quantitative estimate of drug-likeness (QED) is 0.590. The van der Waals surface area contributed by atoms with Crippen molar-refractivity contribution in [1.82, 2.24) is 9.55 Å². The standard InChI is InChI=1S/C17H22N2O4S/c1-3-22-8-9-23-14(20)10-19-11(2)18-16-15(17(19)21)12-6-4-5-7-13(12)24-16/h3-10H2,1-2H3. The lowest BCUT2D eigenvalue weighted by atomic mass is 9.97. The Kier molecular flexibility index (Phi) is 5.30. The highest BCUT2D eigenvalue weighted by molar-refractivity contribution is 7.18. The van der Waals surface area contributed by atoms with E-state index in [1.54, 1.807) is 18.3 Å². The highest BCUT2D eigenvalue weighted by Crippen LogP contribution is 2.33. The van der Waals surface area contributed by atoms with Crippen LogP contribution < -0.4 is 5.56 Å². The van der Waals surface area contributed by atoms with Crippen molar-refractivity contribution in [2.45, 2.75) is 46.1 Å². The Balaban J connectivity index is 1.85. The van der Waals surface area contributed by atoms with Gasteiger partial charge in [0.25, 0.3) is 5.56 Å². The van der Waals surface area contributed by atoms with Crippen LogP contribution in [-0.2, 0) is 33.7 Å². The summed E-state index contributed by atoms with van der Waals surface area (Å²) in [6, 6.07) is 0. The van der Waals surface area contributed by atoms with Crippen molar-refractivity contribution < 1.29 is 14.3 Å². The zero-order valence-electron chi connectivity index (χ0n) is 14.1. The molecule has 0 amide bonds. The van der Waals surface area contributed by atoms with Gasteiger partial charge in [0.1, 0.15) is 23.8 Å². The number of carbonyl (C=O) groups excluding carboxylic acids is 1. The summed E-state index contributed by atoms with van der Waals surface area (Å²) in [5.74, 6) is 0.109. The van der Waals surface area contributed by atoms with E-state index in [1.165, 1.54) is 15.9 Å². The molecular formula is C17H22N2O4S. The second-order valence-electron chi connectivity index (χ2n) is 5.86. The molecule has 2 aromatic rings. The molecule has 24 heavy (non-hydrogen) atoms. The van der Waals surface area contributed by atoms with Gasteiger partial charge in [-0.05, 0) is 45.1 Å². The van der Waals surface area contributed by atoms with Crippen molar-refractivity contribution in [3.05, 3.63) is 26.6 Å². The Labute approximate surface area is 144 Å². The summed E-state index contributed by atoms with van der Waals surface area (Å²) >= 11 is 1.62. The summed E-state index contributed by atoms with van der Waals surface area (Å²) < 4.78 is 11.7. The van der Waals surface area contributed by atoms with E-state index in [-0.39, 0.29) is 18.7 Å². The Morgan fingerprint density at radius 2 is 2.08 bits per heavy atom. The molecule has 0 aromatic carbocycles. The minimum absolute atomic E-state index is 0.107. The maximum Gasteiger partial charge on any atom is 0.326 e. The Bertz CT molecular complexity index is 809. The van der Waals surface area contributed by atoms with Crippen LogP contribution in [0.1, 0.15) is 36.0 Å². The van der Waals surface area contributed by atoms with E-state index in [0.29, 0.717) is 24.4 Å². The van der Waals surface area contributed by atoms with Crippen LogP contribution in [0.25, 0.3) is 10.2 Å². The SMILES string of the molecule is CCOCCOC(=O)Cn1c(C)nc2sc3c(c2c1=O)CCCC3. The molecule has 0 fully saturated rings. The molecule has 2 aromatic heterocycles. The number of aromatic nitrogens is 2. The number of fused-ring (bicyclic) bond motifs is 3. The molecule has 0 bridgehead atoms. The fraction of sp³-hybridized carbons (Fsp3) is 0.588. The third-order valence-corrected chi connectivity index (χ3v) is 5.43. The summed E-state index contributed by atoms with van der Waals surface area (Å²) in [7, 11) is 0. The second-order valence-corrected chi connectivity index (χ2v) is 6.94. The smallest absolute Gasteiger partial charge is 0.326 e. The molecule has 3 rings (SSSR count). The molecule has 0 N–H and O–H groups in total. The third-order valence-electron chi connectivity index (χ3n) is 4.25. The predicted molar refractivity (Wildman–Crippen MR) is 92.7 cm³/mol.